The Morgan fingerprint density at radius 3 is 2.23 bits per heavy atom. The van der Waals surface area contributed by atoms with Crippen molar-refractivity contribution in [3.8, 4) is 0 Å². The molecule has 4 rings (SSSR count). The van der Waals surface area contributed by atoms with E-state index in [2.05, 4.69) is 15.9 Å². The zero-order chi connectivity index (χ0) is 20.9. The van der Waals surface area contributed by atoms with Crippen molar-refractivity contribution in [2.75, 3.05) is 49.1 Å². The fourth-order valence-corrected chi connectivity index (χ4v) is 4.39. The van der Waals surface area contributed by atoms with Crippen molar-refractivity contribution in [1.82, 2.24) is 4.90 Å². The van der Waals surface area contributed by atoms with Gasteiger partial charge in [-0.3, -0.25) is 14.9 Å². The Balaban J connectivity index is 1.53. The molecule has 1 fully saturated rings. The van der Waals surface area contributed by atoms with Gasteiger partial charge in [0.25, 0.3) is 11.6 Å². The quantitative estimate of drug-likeness (QED) is 0.554. The van der Waals surface area contributed by atoms with Crippen molar-refractivity contribution in [3.63, 3.8) is 0 Å². The number of rotatable bonds is 5. The highest BCUT2D eigenvalue weighted by atomic mass is 16.6. The predicted molar refractivity (Wildman–Crippen MR) is 118 cm³/mol. The van der Waals surface area contributed by atoms with Crippen LogP contribution in [0.1, 0.15) is 36.0 Å². The lowest BCUT2D eigenvalue weighted by Gasteiger charge is -2.31. The van der Waals surface area contributed by atoms with E-state index in [1.165, 1.54) is 44.5 Å². The Kier molecular flexibility index (Phi) is 6.28. The lowest BCUT2D eigenvalue weighted by Crippen LogP contribution is -2.38. The SMILES string of the molecule is O=C(c1ccc([N+](=O)[O-])cc1)N1CCCN(CCN2CCCCC2)c2ccccc21. The maximum atomic E-state index is 13.2. The number of nitro groups is 1. The van der Waals surface area contributed by atoms with Crippen LogP contribution in [0.25, 0.3) is 0 Å². The van der Waals surface area contributed by atoms with Crippen LogP contribution in [-0.4, -0.2) is 55.0 Å². The molecule has 1 saturated heterocycles. The molecule has 2 aromatic carbocycles. The van der Waals surface area contributed by atoms with Crippen LogP contribution in [0.5, 0.6) is 0 Å². The molecular formula is C23H28N4O3. The number of para-hydroxylation sites is 2. The molecule has 0 atom stereocenters. The molecule has 0 saturated carbocycles. The van der Waals surface area contributed by atoms with Crippen molar-refractivity contribution in [1.29, 1.82) is 0 Å². The first kappa shape index (κ1) is 20.3. The summed E-state index contributed by atoms with van der Waals surface area (Å²) in [5.41, 5.74) is 2.46. The number of nitrogens with zero attached hydrogens (tertiary/aromatic N) is 4. The number of piperidine rings is 1. The topological polar surface area (TPSA) is 69.9 Å². The molecule has 0 radical (unpaired) electrons. The summed E-state index contributed by atoms with van der Waals surface area (Å²) in [6, 6.07) is 13.9. The molecule has 2 aromatic rings. The minimum absolute atomic E-state index is 0.00768. The van der Waals surface area contributed by atoms with E-state index in [4.69, 9.17) is 0 Å². The summed E-state index contributed by atoms with van der Waals surface area (Å²) < 4.78 is 0. The summed E-state index contributed by atoms with van der Waals surface area (Å²) in [6.07, 6.45) is 4.79. The number of carbonyl (C=O) groups excluding carboxylic acids is 1. The molecule has 1 amide bonds. The number of amides is 1. The Bertz CT molecular complexity index is 894. The molecule has 7 heteroatoms. The first-order valence-electron chi connectivity index (χ1n) is 10.8. The Morgan fingerprint density at radius 2 is 1.53 bits per heavy atom. The molecule has 158 valence electrons. The number of benzene rings is 2. The number of carbonyl (C=O) groups is 1. The van der Waals surface area contributed by atoms with Gasteiger partial charge in [-0.25, -0.2) is 0 Å². The summed E-state index contributed by atoms with van der Waals surface area (Å²) in [7, 11) is 0. The van der Waals surface area contributed by atoms with E-state index in [-0.39, 0.29) is 11.6 Å². The maximum Gasteiger partial charge on any atom is 0.269 e. The molecule has 0 spiro atoms. The van der Waals surface area contributed by atoms with Crippen molar-refractivity contribution in [2.24, 2.45) is 0 Å². The second-order valence-electron chi connectivity index (χ2n) is 7.99. The first-order chi connectivity index (χ1) is 14.6. The minimum Gasteiger partial charge on any atom is -0.368 e. The highest BCUT2D eigenvalue weighted by Gasteiger charge is 2.26. The molecule has 2 heterocycles. The van der Waals surface area contributed by atoms with Crippen LogP contribution in [0.4, 0.5) is 17.1 Å². The predicted octanol–water partition coefficient (Wildman–Crippen LogP) is 3.94. The van der Waals surface area contributed by atoms with Crippen molar-refractivity contribution in [2.45, 2.75) is 25.7 Å². The number of fused-ring (bicyclic) bond motifs is 1. The van der Waals surface area contributed by atoms with E-state index in [0.717, 1.165) is 37.4 Å². The van der Waals surface area contributed by atoms with Crippen LogP contribution in [-0.2, 0) is 0 Å². The smallest absolute Gasteiger partial charge is 0.269 e. The molecule has 7 nitrogen and oxygen atoms in total. The van der Waals surface area contributed by atoms with Crippen LogP contribution in [0.15, 0.2) is 48.5 Å². The Hall–Kier alpha value is -2.93. The number of non-ortho nitro benzene ring substituents is 1. The van der Waals surface area contributed by atoms with Crippen LogP contribution in [0.2, 0.25) is 0 Å². The third-order valence-corrected chi connectivity index (χ3v) is 6.03. The average molecular weight is 409 g/mol. The average Bonchev–Trinajstić information content (AvgIpc) is 2.97. The molecule has 0 aromatic heterocycles. The third-order valence-electron chi connectivity index (χ3n) is 6.03. The van der Waals surface area contributed by atoms with Crippen LogP contribution in [0.3, 0.4) is 0 Å². The van der Waals surface area contributed by atoms with E-state index >= 15 is 0 Å². The second kappa shape index (κ2) is 9.26. The standard InChI is InChI=1S/C23H28N4O3/c28-23(19-9-11-20(12-10-19)27(29)30)26-16-6-15-25(21-7-2-3-8-22(21)26)18-17-24-13-4-1-5-14-24/h2-3,7-12H,1,4-6,13-18H2. The van der Waals surface area contributed by atoms with Crippen molar-refractivity contribution >= 4 is 23.0 Å². The molecule has 30 heavy (non-hydrogen) atoms. The molecule has 2 aliphatic rings. The number of hydrogen-bond donors (Lipinski definition) is 0. The van der Waals surface area contributed by atoms with Crippen molar-refractivity contribution < 1.29 is 9.72 Å². The van der Waals surface area contributed by atoms with Crippen molar-refractivity contribution in [3.05, 3.63) is 64.2 Å². The Morgan fingerprint density at radius 1 is 0.833 bits per heavy atom. The normalized spacial score (nSPS) is 17.3. The number of anilines is 2. The van der Waals surface area contributed by atoms with E-state index in [0.29, 0.717) is 12.1 Å². The zero-order valence-electron chi connectivity index (χ0n) is 17.2. The van der Waals surface area contributed by atoms with Gasteiger partial charge in [0.1, 0.15) is 0 Å². The highest BCUT2D eigenvalue weighted by Crippen LogP contribution is 2.33. The molecule has 0 unspecified atom stereocenters. The fraction of sp³-hybridized carbons (Fsp3) is 0.435. The maximum absolute atomic E-state index is 13.2. The van der Waals surface area contributed by atoms with Crippen LogP contribution >= 0.6 is 0 Å². The number of hydrogen-bond acceptors (Lipinski definition) is 5. The van der Waals surface area contributed by atoms with E-state index < -0.39 is 4.92 Å². The summed E-state index contributed by atoms with van der Waals surface area (Å²) in [5, 5.41) is 10.9. The van der Waals surface area contributed by atoms with Gasteiger partial charge in [0.05, 0.1) is 16.3 Å². The fourth-order valence-electron chi connectivity index (χ4n) is 4.39. The van der Waals surface area contributed by atoms with Gasteiger partial charge < -0.3 is 14.7 Å². The summed E-state index contributed by atoms with van der Waals surface area (Å²) in [6.45, 7) is 5.91. The first-order valence-corrected chi connectivity index (χ1v) is 10.8. The van der Waals surface area contributed by atoms with Gasteiger partial charge in [0, 0.05) is 43.9 Å². The summed E-state index contributed by atoms with van der Waals surface area (Å²) in [4.78, 5) is 30.4. The lowest BCUT2D eigenvalue weighted by atomic mass is 10.1. The second-order valence-corrected chi connectivity index (χ2v) is 7.99. The molecule has 0 aliphatic carbocycles. The zero-order valence-corrected chi connectivity index (χ0v) is 17.2. The highest BCUT2D eigenvalue weighted by molar-refractivity contribution is 6.08. The van der Waals surface area contributed by atoms with Gasteiger partial charge >= 0.3 is 0 Å². The van der Waals surface area contributed by atoms with Gasteiger partial charge in [0.2, 0.25) is 0 Å². The summed E-state index contributed by atoms with van der Waals surface area (Å²) in [5.74, 6) is -0.116. The van der Waals surface area contributed by atoms with Gasteiger partial charge in [-0.1, -0.05) is 18.6 Å². The molecule has 2 aliphatic heterocycles. The number of nitro benzene ring substituents is 1. The van der Waals surface area contributed by atoms with Gasteiger partial charge in [-0.15, -0.1) is 0 Å². The van der Waals surface area contributed by atoms with E-state index in [1.807, 2.05) is 23.1 Å². The Labute approximate surface area is 177 Å². The molecule has 0 N–H and O–H groups in total. The van der Waals surface area contributed by atoms with Crippen LogP contribution < -0.4 is 9.80 Å². The lowest BCUT2D eigenvalue weighted by molar-refractivity contribution is -0.384. The minimum atomic E-state index is -0.449. The van der Waals surface area contributed by atoms with Gasteiger partial charge in [-0.2, -0.15) is 0 Å². The van der Waals surface area contributed by atoms with E-state index in [1.54, 1.807) is 12.1 Å². The molecular weight excluding hydrogens is 380 g/mol. The van der Waals surface area contributed by atoms with Gasteiger partial charge in [0.15, 0.2) is 0 Å². The van der Waals surface area contributed by atoms with Crippen LogP contribution in [0, 0.1) is 10.1 Å². The van der Waals surface area contributed by atoms with Gasteiger partial charge in [-0.05, 0) is 56.6 Å². The third kappa shape index (κ3) is 4.46. The number of likely N-dealkylation sites (tertiary alicyclic amines) is 1. The monoisotopic (exact) mass is 408 g/mol. The summed E-state index contributed by atoms with van der Waals surface area (Å²) >= 11 is 0. The molecule has 0 bridgehead atoms. The van der Waals surface area contributed by atoms with E-state index in [9.17, 15) is 14.9 Å². The largest absolute Gasteiger partial charge is 0.368 e.